The van der Waals surface area contributed by atoms with Crippen LogP contribution in [0.25, 0.3) is 11.1 Å². The van der Waals surface area contributed by atoms with Crippen LogP contribution < -0.4 is 15.4 Å². The van der Waals surface area contributed by atoms with Gasteiger partial charge in [-0.3, -0.25) is 9.78 Å². The zero-order valence-corrected chi connectivity index (χ0v) is 15.1. The number of hydrogen-bond acceptors (Lipinski definition) is 5. The van der Waals surface area contributed by atoms with Crippen molar-refractivity contribution in [2.45, 2.75) is 13.0 Å². The van der Waals surface area contributed by atoms with E-state index in [1.54, 1.807) is 13.3 Å². The highest BCUT2D eigenvalue weighted by Gasteiger charge is 2.19. The number of primary amides is 1. The fourth-order valence-corrected chi connectivity index (χ4v) is 3.46. The Bertz CT molecular complexity index is 986. The van der Waals surface area contributed by atoms with E-state index < -0.39 is 5.91 Å². The van der Waals surface area contributed by atoms with Gasteiger partial charge < -0.3 is 15.4 Å². The van der Waals surface area contributed by atoms with E-state index in [2.05, 4.69) is 27.0 Å². The summed E-state index contributed by atoms with van der Waals surface area (Å²) in [7, 11) is 1.61. The third-order valence-corrected chi connectivity index (χ3v) is 4.87. The minimum atomic E-state index is -0.519. The van der Waals surface area contributed by atoms with Gasteiger partial charge in [0.25, 0.3) is 5.91 Å². The first kappa shape index (κ1) is 17.0. The summed E-state index contributed by atoms with van der Waals surface area (Å²) in [5.41, 5.74) is 11.1. The lowest BCUT2D eigenvalue weighted by molar-refractivity contribution is 0.0996. The molecule has 3 heterocycles. The molecule has 1 amide bonds. The second-order valence-electron chi connectivity index (χ2n) is 6.48. The Labute approximate surface area is 157 Å². The molecule has 0 saturated carbocycles. The summed E-state index contributed by atoms with van der Waals surface area (Å²) < 4.78 is 5.13. The number of carbonyl (C=O) groups is 1. The Morgan fingerprint density at radius 1 is 1.15 bits per heavy atom. The maximum Gasteiger partial charge on any atom is 0.267 e. The number of aromatic nitrogens is 2. The smallest absolute Gasteiger partial charge is 0.267 e. The number of methoxy groups -OCH3 is 1. The maximum absolute atomic E-state index is 11.7. The highest BCUT2D eigenvalue weighted by atomic mass is 16.5. The van der Waals surface area contributed by atoms with Crippen LogP contribution >= 0.6 is 0 Å². The molecule has 0 aliphatic carbocycles. The van der Waals surface area contributed by atoms with Crippen molar-refractivity contribution in [3.05, 3.63) is 71.7 Å². The summed E-state index contributed by atoms with van der Waals surface area (Å²) >= 11 is 0. The quantitative estimate of drug-likeness (QED) is 0.774. The number of anilines is 1. The minimum absolute atomic E-state index is 0.296. The molecule has 136 valence electrons. The molecule has 0 bridgehead atoms. The molecular weight excluding hydrogens is 340 g/mol. The molecule has 0 saturated heterocycles. The molecule has 27 heavy (non-hydrogen) atoms. The van der Waals surface area contributed by atoms with E-state index in [-0.39, 0.29) is 0 Å². The van der Waals surface area contributed by atoms with Gasteiger partial charge in [0, 0.05) is 30.9 Å². The van der Waals surface area contributed by atoms with Gasteiger partial charge in [-0.05, 0) is 41.3 Å². The fourth-order valence-electron chi connectivity index (χ4n) is 3.46. The highest BCUT2D eigenvalue weighted by Crippen LogP contribution is 2.30. The van der Waals surface area contributed by atoms with Gasteiger partial charge in [-0.2, -0.15) is 0 Å². The van der Waals surface area contributed by atoms with Crippen LogP contribution in [0.5, 0.6) is 5.88 Å². The molecule has 4 rings (SSSR count). The lowest BCUT2D eigenvalue weighted by Gasteiger charge is -2.31. The van der Waals surface area contributed by atoms with Crippen LogP contribution in [0.2, 0.25) is 0 Å². The van der Waals surface area contributed by atoms with Gasteiger partial charge in [0.05, 0.1) is 19.0 Å². The van der Waals surface area contributed by atoms with E-state index in [9.17, 15) is 4.79 Å². The van der Waals surface area contributed by atoms with Gasteiger partial charge in [-0.1, -0.05) is 18.2 Å². The molecule has 0 fully saturated rings. The Morgan fingerprint density at radius 3 is 2.78 bits per heavy atom. The van der Waals surface area contributed by atoms with Gasteiger partial charge in [0.1, 0.15) is 5.69 Å². The summed E-state index contributed by atoms with van der Waals surface area (Å²) in [6, 6.07) is 13.9. The highest BCUT2D eigenvalue weighted by molar-refractivity contribution is 5.97. The first-order valence-corrected chi connectivity index (χ1v) is 8.77. The number of fused-ring (bicyclic) bond motifs is 1. The van der Waals surface area contributed by atoms with Crippen LogP contribution in [-0.2, 0) is 13.0 Å². The van der Waals surface area contributed by atoms with Crippen LogP contribution in [0.15, 0.2) is 54.9 Å². The largest absolute Gasteiger partial charge is 0.481 e. The normalized spacial score (nSPS) is 13.1. The van der Waals surface area contributed by atoms with Crippen molar-refractivity contribution in [2.24, 2.45) is 5.73 Å². The van der Waals surface area contributed by atoms with Gasteiger partial charge in [0.2, 0.25) is 5.88 Å². The number of amides is 1. The number of rotatable bonds is 4. The molecule has 0 radical (unpaired) electrons. The average Bonchev–Trinajstić information content (AvgIpc) is 2.73. The lowest BCUT2D eigenvalue weighted by Crippen LogP contribution is -2.30. The summed E-state index contributed by atoms with van der Waals surface area (Å²) in [6.07, 6.45) is 4.37. The van der Waals surface area contributed by atoms with E-state index in [0.29, 0.717) is 11.6 Å². The zero-order chi connectivity index (χ0) is 18.8. The van der Waals surface area contributed by atoms with E-state index in [4.69, 9.17) is 10.5 Å². The fraction of sp³-hybridized carbons (Fsp3) is 0.190. The molecule has 0 spiro atoms. The Balaban J connectivity index is 1.65. The monoisotopic (exact) mass is 360 g/mol. The molecule has 2 N–H and O–H groups in total. The first-order valence-electron chi connectivity index (χ1n) is 8.77. The van der Waals surface area contributed by atoms with E-state index in [0.717, 1.165) is 36.3 Å². The second-order valence-corrected chi connectivity index (χ2v) is 6.48. The lowest BCUT2D eigenvalue weighted by atomic mass is 9.94. The van der Waals surface area contributed by atoms with Crippen LogP contribution in [-0.4, -0.2) is 29.5 Å². The molecular formula is C21H20N4O2. The number of nitrogens with two attached hydrogens (primary N) is 1. The Kier molecular flexibility index (Phi) is 4.46. The van der Waals surface area contributed by atoms with Gasteiger partial charge in [-0.25, -0.2) is 4.98 Å². The number of pyridine rings is 2. The second kappa shape index (κ2) is 7.07. The SMILES string of the molecule is COc1ccc(N2CCc3ccc(-c4cccnc4C(N)=O)cc3C2)cn1. The summed E-state index contributed by atoms with van der Waals surface area (Å²) in [6.45, 7) is 1.71. The van der Waals surface area contributed by atoms with Crippen molar-refractivity contribution in [1.29, 1.82) is 0 Å². The Hall–Kier alpha value is -3.41. The van der Waals surface area contributed by atoms with Crippen LogP contribution in [0.1, 0.15) is 21.6 Å². The van der Waals surface area contributed by atoms with Crippen LogP contribution in [0.4, 0.5) is 5.69 Å². The molecule has 1 aliphatic rings. The standard InChI is InChI=1S/C21H20N4O2/c1-27-19-7-6-17(12-24-19)25-10-8-14-4-5-15(11-16(14)13-25)18-3-2-9-23-20(18)21(22)26/h2-7,9,11-12H,8,10,13H2,1H3,(H2,22,26). The summed E-state index contributed by atoms with van der Waals surface area (Å²) in [5, 5.41) is 0. The first-order chi connectivity index (χ1) is 13.2. The number of hydrogen-bond donors (Lipinski definition) is 1. The molecule has 0 unspecified atom stereocenters. The predicted molar refractivity (Wildman–Crippen MR) is 104 cm³/mol. The molecule has 1 aromatic carbocycles. The number of carbonyl (C=O) groups excluding carboxylic acids is 1. The third-order valence-electron chi connectivity index (χ3n) is 4.87. The van der Waals surface area contributed by atoms with Crippen molar-refractivity contribution in [1.82, 2.24) is 9.97 Å². The number of ether oxygens (including phenoxy) is 1. The average molecular weight is 360 g/mol. The van der Waals surface area contributed by atoms with E-state index in [1.807, 2.05) is 36.5 Å². The minimum Gasteiger partial charge on any atom is -0.481 e. The number of benzene rings is 1. The third kappa shape index (κ3) is 3.33. The van der Waals surface area contributed by atoms with Gasteiger partial charge >= 0.3 is 0 Å². The molecule has 6 nitrogen and oxygen atoms in total. The van der Waals surface area contributed by atoms with Crippen molar-refractivity contribution < 1.29 is 9.53 Å². The molecule has 6 heteroatoms. The zero-order valence-electron chi connectivity index (χ0n) is 15.1. The van der Waals surface area contributed by atoms with Crippen molar-refractivity contribution >= 4 is 11.6 Å². The van der Waals surface area contributed by atoms with Gasteiger partial charge in [0.15, 0.2) is 0 Å². The summed E-state index contributed by atoms with van der Waals surface area (Å²) in [4.78, 5) is 22.4. The van der Waals surface area contributed by atoms with Crippen LogP contribution in [0.3, 0.4) is 0 Å². The van der Waals surface area contributed by atoms with Crippen molar-refractivity contribution in [3.63, 3.8) is 0 Å². The Morgan fingerprint density at radius 2 is 2.04 bits per heavy atom. The summed E-state index contributed by atoms with van der Waals surface area (Å²) in [5.74, 6) is 0.0864. The van der Waals surface area contributed by atoms with E-state index >= 15 is 0 Å². The molecule has 1 aliphatic heterocycles. The van der Waals surface area contributed by atoms with Crippen molar-refractivity contribution in [2.75, 3.05) is 18.6 Å². The number of nitrogens with zero attached hydrogens (tertiary/aromatic N) is 3. The topological polar surface area (TPSA) is 81.3 Å². The van der Waals surface area contributed by atoms with E-state index in [1.165, 1.54) is 11.1 Å². The van der Waals surface area contributed by atoms with Gasteiger partial charge in [-0.15, -0.1) is 0 Å². The van der Waals surface area contributed by atoms with Crippen molar-refractivity contribution in [3.8, 4) is 17.0 Å². The maximum atomic E-state index is 11.7. The molecule has 3 aromatic rings. The molecule has 2 aromatic heterocycles. The molecule has 0 atom stereocenters. The predicted octanol–water partition coefficient (Wildman–Crippen LogP) is 2.81. The van der Waals surface area contributed by atoms with Crippen LogP contribution in [0, 0.1) is 0 Å².